The summed E-state index contributed by atoms with van der Waals surface area (Å²) >= 11 is 5.09. The highest BCUT2D eigenvalue weighted by Crippen LogP contribution is 2.23. The van der Waals surface area contributed by atoms with E-state index in [4.69, 9.17) is 21.7 Å². The summed E-state index contributed by atoms with van der Waals surface area (Å²) in [4.78, 5) is 11.5. The molecule has 0 unspecified atom stereocenters. The highest BCUT2D eigenvalue weighted by molar-refractivity contribution is 7.80. The minimum Gasteiger partial charge on any atom is -0.459 e. The fourth-order valence-electron chi connectivity index (χ4n) is 1.75. The number of benzene rings is 1. The molecule has 0 fully saturated rings. The Morgan fingerprint density at radius 1 is 1.23 bits per heavy atom. The van der Waals surface area contributed by atoms with E-state index >= 15 is 0 Å². The van der Waals surface area contributed by atoms with E-state index in [1.807, 2.05) is 30.3 Å². The zero-order valence-electron chi connectivity index (χ0n) is 12.4. The summed E-state index contributed by atoms with van der Waals surface area (Å²) in [6, 6.07) is 11.0. The molecule has 0 aliphatic carbocycles. The van der Waals surface area contributed by atoms with Crippen LogP contribution in [0.2, 0.25) is 0 Å². The third kappa shape index (κ3) is 4.16. The molecule has 3 N–H and O–H groups in total. The van der Waals surface area contributed by atoms with Crippen LogP contribution in [0.3, 0.4) is 0 Å². The molecule has 0 saturated heterocycles. The van der Waals surface area contributed by atoms with Gasteiger partial charge in [-0.05, 0) is 48.6 Å². The van der Waals surface area contributed by atoms with Crippen LogP contribution in [0.4, 0.5) is 5.69 Å². The number of aliphatic hydroxyl groups excluding tert-OH is 1. The Bertz CT molecular complexity index is 662. The van der Waals surface area contributed by atoms with Gasteiger partial charge in [0.05, 0.1) is 0 Å². The number of aliphatic hydroxyl groups is 1. The van der Waals surface area contributed by atoms with Crippen molar-refractivity contribution in [2.75, 3.05) is 5.32 Å². The third-order valence-corrected chi connectivity index (χ3v) is 3.21. The van der Waals surface area contributed by atoms with Gasteiger partial charge in [0.25, 0.3) is 0 Å². The Balaban J connectivity index is 2.00. The molecule has 0 aliphatic rings. The quantitative estimate of drug-likeness (QED) is 0.756. The van der Waals surface area contributed by atoms with Gasteiger partial charge in [-0.1, -0.05) is 13.8 Å². The first-order chi connectivity index (χ1) is 10.5. The number of hydrogen-bond acceptors (Lipinski definition) is 4. The van der Waals surface area contributed by atoms with E-state index in [2.05, 4.69) is 10.6 Å². The Morgan fingerprint density at radius 2 is 1.91 bits per heavy atom. The molecule has 0 aliphatic heterocycles. The molecule has 0 atom stereocenters. The first-order valence-electron chi connectivity index (χ1n) is 6.91. The summed E-state index contributed by atoms with van der Waals surface area (Å²) in [6.45, 7) is 3.48. The molecule has 5 nitrogen and oxygen atoms in total. The molecule has 1 aromatic carbocycles. The Morgan fingerprint density at radius 3 is 2.45 bits per heavy atom. The lowest BCUT2D eigenvalue weighted by atomic mass is 10.1. The summed E-state index contributed by atoms with van der Waals surface area (Å²) < 4.78 is 5.47. The number of carbonyl (C=O) groups is 1. The maximum Gasteiger partial charge on any atom is 0.228 e. The summed E-state index contributed by atoms with van der Waals surface area (Å²) in [5.74, 6) is 0.962. The number of furan rings is 1. The number of carbonyl (C=O) groups excluding carboxylic acids is 1. The lowest BCUT2D eigenvalue weighted by molar-refractivity contribution is -0.122. The summed E-state index contributed by atoms with van der Waals surface area (Å²) in [5.41, 5.74) is 1.66. The van der Waals surface area contributed by atoms with Gasteiger partial charge < -0.3 is 20.2 Å². The summed E-state index contributed by atoms with van der Waals surface area (Å²) in [5, 5.41) is 14.8. The van der Waals surface area contributed by atoms with Gasteiger partial charge in [-0.15, -0.1) is 0 Å². The topological polar surface area (TPSA) is 74.5 Å². The number of nitrogens with one attached hydrogen (secondary N) is 2. The molecular formula is C16H18N2O3S. The standard InChI is InChI=1S/C16H18N2O3S/c1-10(2)15(20)18-16(22)17-12-5-3-11(4-6-12)14-8-7-13(9-19)21-14/h3-8,10,19H,9H2,1-2H3,(H2,17,18,20,22). The second-order valence-corrected chi connectivity index (χ2v) is 5.51. The monoisotopic (exact) mass is 318 g/mol. The van der Waals surface area contributed by atoms with Crippen molar-refractivity contribution in [3.05, 3.63) is 42.2 Å². The maximum atomic E-state index is 11.5. The van der Waals surface area contributed by atoms with Gasteiger partial charge in [0.15, 0.2) is 5.11 Å². The number of anilines is 1. The zero-order chi connectivity index (χ0) is 16.1. The molecule has 0 bridgehead atoms. The number of rotatable bonds is 4. The molecule has 116 valence electrons. The van der Waals surface area contributed by atoms with Crippen molar-refractivity contribution in [1.29, 1.82) is 0 Å². The van der Waals surface area contributed by atoms with E-state index < -0.39 is 0 Å². The average Bonchev–Trinajstić information content (AvgIpc) is 2.96. The first kappa shape index (κ1) is 16.2. The molecule has 0 saturated carbocycles. The van der Waals surface area contributed by atoms with Gasteiger partial charge >= 0.3 is 0 Å². The Hall–Kier alpha value is -2.18. The SMILES string of the molecule is CC(C)C(=O)NC(=S)Nc1ccc(-c2ccc(CO)o2)cc1. The molecule has 6 heteroatoms. The van der Waals surface area contributed by atoms with Crippen LogP contribution in [0.25, 0.3) is 11.3 Å². The van der Waals surface area contributed by atoms with E-state index in [1.54, 1.807) is 19.9 Å². The number of thiocarbonyl (C=S) groups is 1. The van der Waals surface area contributed by atoms with E-state index in [1.165, 1.54) is 0 Å². The van der Waals surface area contributed by atoms with Crippen molar-refractivity contribution in [3.63, 3.8) is 0 Å². The second kappa shape index (κ2) is 7.20. The van der Waals surface area contributed by atoms with Crippen molar-refractivity contribution < 1.29 is 14.3 Å². The molecule has 0 radical (unpaired) electrons. The van der Waals surface area contributed by atoms with Crippen LogP contribution in [-0.4, -0.2) is 16.1 Å². The van der Waals surface area contributed by atoms with Crippen LogP contribution in [0.5, 0.6) is 0 Å². The Kier molecular flexibility index (Phi) is 5.30. The molecule has 1 aromatic heterocycles. The fourth-order valence-corrected chi connectivity index (χ4v) is 1.97. The van der Waals surface area contributed by atoms with E-state index in [0.29, 0.717) is 11.5 Å². The molecule has 1 heterocycles. The minimum atomic E-state index is -0.124. The predicted molar refractivity (Wildman–Crippen MR) is 89.3 cm³/mol. The van der Waals surface area contributed by atoms with E-state index in [-0.39, 0.29) is 23.5 Å². The molecule has 0 spiro atoms. The van der Waals surface area contributed by atoms with Crippen LogP contribution in [0, 0.1) is 5.92 Å². The van der Waals surface area contributed by atoms with Crippen LogP contribution >= 0.6 is 12.2 Å². The highest BCUT2D eigenvalue weighted by atomic mass is 32.1. The highest BCUT2D eigenvalue weighted by Gasteiger charge is 2.09. The largest absolute Gasteiger partial charge is 0.459 e. The fraction of sp³-hybridized carbons (Fsp3) is 0.250. The third-order valence-electron chi connectivity index (χ3n) is 3.01. The van der Waals surface area contributed by atoms with Gasteiger partial charge in [0, 0.05) is 17.2 Å². The first-order valence-corrected chi connectivity index (χ1v) is 7.32. The maximum absolute atomic E-state index is 11.5. The lowest BCUT2D eigenvalue weighted by Crippen LogP contribution is -2.36. The normalized spacial score (nSPS) is 10.5. The van der Waals surface area contributed by atoms with Crippen LogP contribution in [-0.2, 0) is 11.4 Å². The number of hydrogen-bond donors (Lipinski definition) is 3. The van der Waals surface area contributed by atoms with Gasteiger partial charge in [-0.2, -0.15) is 0 Å². The van der Waals surface area contributed by atoms with Crippen molar-refractivity contribution in [2.24, 2.45) is 5.92 Å². The molecule has 1 amide bonds. The van der Waals surface area contributed by atoms with Crippen molar-refractivity contribution >= 4 is 28.9 Å². The van der Waals surface area contributed by atoms with Gasteiger partial charge in [-0.25, -0.2) is 0 Å². The smallest absolute Gasteiger partial charge is 0.228 e. The lowest BCUT2D eigenvalue weighted by Gasteiger charge is -2.11. The molecular weight excluding hydrogens is 300 g/mol. The van der Waals surface area contributed by atoms with Gasteiger partial charge in [0.2, 0.25) is 5.91 Å². The molecule has 2 rings (SSSR count). The van der Waals surface area contributed by atoms with Crippen molar-refractivity contribution in [1.82, 2.24) is 5.32 Å². The summed E-state index contributed by atoms with van der Waals surface area (Å²) in [6.07, 6.45) is 0. The number of amides is 1. The van der Waals surface area contributed by atoms with Crippen molar-refractivity contribution in [3.8, 4) is 11.3 Å². The van der Waals surface area contributed by atoms with Crippen LogP contribution < -0.4 is 10.6 Å². The molecule has 2 aromatic rings. The van der Waals surface area contributed by atoms with Crippen molar-refractivity contribution in [2.45, 2.75) is 20.5 Å². The second-order valence-electron chi connectivity index (χ2n) is 5.10. The van der Waals surface area contributed by atoms with Gasteiger partial charge in [-0.3, -0.25) is 4.79 Å². The van der Waals surface area contributed by atoms with E-state index in [0.717, 1.165) is 11.3 Å². The summed E-state index contributed by atoms with van der Waals surface area (Å²) in [7, 11) is 0. The Labute approximate surface area is 134 Å². The average molecular weight is 318 g/mol. The van der Waals surface area contributed by atoms with Crippen LogP contribution in [0.15, 0.2) is 40.8 Å². The van der Waals surface area contributed by atoms with Gasteiger partial charge in [0.1, 0.15) is 18.1 Å². The minimum absolute atomic E-state index is 0.122. The predicted octanol–water partition coefficient (Wildman–Crippen LogP) is 2.91. The van der Waals surface area contributed by atoms with E-state index in [9.17, 15) is 4.79 Å². The zero-order valence-corrected chi connectivity index (χ0v) is 13.2. The van der Waals surface area contributed by atoms with Crippen LogP contribution in [0.1, 0.15) is 19.6 Å². The molecule has 22 heavy (non-hydrogen) atoms.